The molecule has 3 rings (SSSR count). The number of hydrogen-bond acceptors (Lipinski definition) is 4. The van der Waals surface area contributed by atoms with Gasteiger partial charge >= 0.3 is 12.3 Å². The fraction of sp³-hybridized carbons (Fsp3) is 0.464. The minimum Gasteiger partial charge on any atom is -0.444 e. The lowest BCUT2D eigenvalue weighted by Gasteiger charge is -2.31. The van der Waals surface area contributed by atoms with Crippen LogP contribution in [0.5, 0.6) is 0 Å². The highest BCUT2D eigenvalue weighted by Gasteiger charge is 2.38. The first-order chi connectivity index (χ1) is 18.1. The molecule has 0 fully saturated rings. The van der Waals surface area contributed by atoms with E-state index in [1.807, 2.05) is 0 Å². The number of amides is 3. The monoisotopic (exact) mass is 551 g/mol. The second-order valence-electron chi connectivity index (χ2n) is 10.7. The molecular formula is C28H33F4N3O4. The number of alkyl carbamates (subject to hydrolysis) is 1. The lowest BCUT2D eigenvalue weighted by molar-refractivity contribution is -0.138. The molecule has 2 atom stereocenters. The summed E-state index contributed by atoms with van der Waals surface area (Å²) in [6.45, 7) is 8.21. The van der Waals surface area contributed by atoms with E-state index in [2.05, 4.69) is 10.6 Å². The summed E-state index contributed by atoms with van der Waals surface area (Å²) in [5.41, 5.74) is -1.36. The van der Waals surface area contributed by atoms with Crippen molar-refractivity contribution >= 4 is 23.6 Å². The third-order valence-electron chi connectivity index (χ3n) is 6.14. The average molecular weight is 552 g/mol. The third kappa shape index (κ3) is 7.48. The molecule has 0 unspecified atom stereocenters. The Balaban J connectivity index is 1.91. The van der Waals surface area contributed by atoms with Crippen LogP contribution in [0, 0.1) is 5.82 Å². The van der Waals surface area contributed by atoms with E-state index in [1.54, 1.807) is 40.7 Å². The van der Waals surface area contributed by atoms with Crippen LogP contribution in [0.25, 0.3) is 0 Å². The number of carbonyl (C=O) groups is 3. The van der Waals surface area contributed by atoms with E-state index in [0.29, 0.717) is 5.56 Å². The van der Waals surface area contributed by atoms with Crippen molar-refractivity contribution in [1.29, 1.82) is 0 Å². The van der Waals surface area contributed by atoms with E-state index in [1.165, 1.54) is 35.2 Å². The molecule has 0 saturated carbocycles. The molecule has 0 radical (unpaired) electrons. The van der Waals surface area contributed by atoms with Crippen LogP contribution < -0.4 is 15.5 Å². The largest absolute Gasteiger partial charge is 0.444 e. The Morgan fingerprint density at radius 1 is 1.08 bits per heavy atom. The molecule has 1 aliphatic heterocycles. The van der Waals surface area contributed by atoms with Gasteiger partial charge in [-0.3, -0.25) is 9.59 Å². The first-order valence-electron chi connectivity index (χ1n) is 12.6. The maximum atomic E-state index is 14.8. The summed E-state index contributed by atoms with van der Waals surface area (Å²) in [7, 11) is 0. The topological polar surface area (TPSA) is 87.7 Å². The molecule has 7 nitrogen and oxygen atoms in total. The van der Waals surface area contributed by atoms with E-state index in [-0.39, 0.29) is 24.1 Å². The zero-order valence-electron chi connectivity index (χ0n) is 22.5. The number of rotatable bonds is 6. The molecular weight excluding hydrogens is 518 g/mol. The minimum absolute atomic E-state index is 0.128. The summed E-state index contributed by atoms with van der Waals surface area (Å²) in [5.74, 6) is -2.00. The van der Waals surface area contributed by atoms with Crippen molar-refractivity contribution in [1.82, 2.24) is 10.6 Å². The molecule has 0 aliphatic carbocycles. The van der Waals surface area contributed by atoms with Crippen LogP contribution in [0.3, 0.4) is 0 Å². The van der Waals surface area contributed by atoms with Crippen molar-refractivity contribution in [3.63, 3.8) is 0 Å². The average Bonchev–Trinajstić information content (AvgIpc) is 2.94. The quantitative estimate of drug-likeness (QED) is 0.486. The number of benzene rings is 2. The fourth-order valence-electron chi connectivity index (χ4n) is 4.51. The smallest absolute Gasteiger partial charge is 0.416 e. The van der Waals surface area contributed by atoms with Gasteiger partial charge in [-0.25, -0.2) is 9.18 Å². The summed E-state index contributed by atoms with van der Waals surface area (Å²) < 4.78 is 60.9. The predicted octanol–water partition coefficient (Wildman–Crippen LogP) is 5.15. The maximum Gasteiger partial charge on any atom is 0.416 e. The number of carbonyl (C=O) groups excluding carboxylic acids is 3. The Hall–Kier alpha value is -3.63. The number of halogens is 4. The van der Waals surface area contributed by atoms with Gasteiger partial charge in [0.15, 0.2) is 0 Å². The summed E-state index contributed by atoms with van der Waals surface area (Å²) in [5, 5.41) is 4.95. The van der Waals surface area contributed by atoms with E-state index in [9.17, 15) is 31.9 Å². The lowest BCUT2D eigenvalue weighted by Crippen LogP contribution is -2.56. The molecule has 3 amide bonds. The number of hydrogen-bond donors (Lipinski definition) is 2. The molecule has 212 valence electrons. The molecule has 1 aliphatic rings. The highest BCUT2D eigenvalue weighted by molar-refractivity contribution is 6.01. The van der Waals surface area contributed by atoms with Gasteiger partial charge in [0.2, 0.25) is 11.8 Å². The molecule has 2 N–H and O–H groups in total. The first-order valence-corrected chi connectivity index (χ1v) is 12.6. The molecule has 39 heavy (non-hydrogen) atoms. The summed E-state index contributed by atoms with van der Waals surface area (Å²) >= 11 is 0. The van der Waals surface area contributed by atoms with E-state index in [4.69, 9.17) is 4.74 Å². The number of ether oxygens (including phenoxy) is 1. The van der Waals surface area contributed by atoms with Crippen LogP contribution in [0.2, 0.25) is 0 Å². The van der Waals surface area contributed by atoms with Crippen molar-refractivity contribution in [3.05, 3.63) is 65.0 Å². The number of nitrogens with zero attached hydrogens (tertiary/aromatic N) is 1. The number of alkyl halides is 3. The molecule has 1 heterocycles. The molecule has 0 bridgehead atoms. The summed E-state index contributed by atoms with van der Waals surface area (Å²) in [6, 6.07) is 6.17. The second-order valence-corrected chi connectivity index (χ2v) is 10.7. The van der Waals surface area contributed by atoms with Crippen LogP contribution in [0.4, 0.5) is 28.0 Å². The van der Waals surface area contributed by atoms with E-state index < -0.39 is 65.6 Å². The van der Waals surface area contributed by atoms with E-state index in [0.717, 1.165) is 6.07 Å². The van der Waals surface area contributed by atoms with Crippen LogP contribution in [-0.4, -0.2) is 41.6 Å². The SMILES string of the molecule is CC(C)N1C(=O)[C@@H](NC(=O)[C@@H](Cc2ccccc2C(F)(F)F)NC(=O)OC(C)(C)C)CCc2cccc(F)c21. The maximum absolute atomic E-state index is 14.8. The zero-order chi connectivity index (χ0) is 29.1. The minimum atomic E-state index is -4.69. The predicted molar refractivity (Wildman–Crippen MR) is 138 cm³/mol. The van der Waals surface area contributed by atoms with Gasteiger partial charge < -0.3 is 20.3 Å². The molecule has 11 heteroatoms. The highest BCUT2D eigenvalue weighted by atomic mass is 19.4. The van der Waals surface area contributed by atoms with Crippen molar-refractivity contribution in [2.75, 3.05) is 4.90 Å². The van der Waals surface area contributed by atoms with Crippen LogP contribution in [-0.2, 0) is 33.3 Å². The van der Waals surface area contributed by atoms with Crippen LogP contribution >= 0.6 is 0 Å². The normalized spacial score (nSPS) is 16.8. The number of anilines is 1. The Morgan fingerprint density at radius 3 is 2.36 bits per heavy atom. The summed E-state index contributed by atoms with van der Waals surface area (Å²) in [4.78, 5) is 40.8. The number of fused-ring (bicyclic) bond motifs is 1. The van der Waals surface area contributed by atoms with Crippen molar-refractivity contribution in [2.45, 2.75) is 83.8 Å². The first kappa shape index (κ1) is 29.9. The fourth-order valence-corrected chi connectivity index (χ4v) is 4.51. The molecule has 0 saturated heterocycles. The molecule has 0 spiro atoms. The lowest BCUT2D eigenvalue weighted by atomic mass is 9.98. The van der Waals surface area contributed by atoms with Gasteiger partial charge in [0.1, 0.15) is 23.5 Å². The Bertz CT molecular complexity index is 1220. The Morgan fingerprint density at radius 2 is 1.74 bits per heavy atom. The third-order valence-corrected chi connectivity index (χ3v) is 6.14. The molecule has 0 aromatic heterocycles. The van der Waals surface area contributed by atoms with Crippen LogP contribution in [0.1, 0.15) is 57.7 Å². The van der Waals surface area contributed by atoms with Crippen molar-refractivity contribution in [3.8, 4) is 0 Å². The number of para-hydroxylation sites is 1. The zero-order valence-corrected chi connectivity index (χ0v) is 22.5. The van der Waals surface area contributed by atoms with Gasteiger partial charge in [0.05, 0.1) is 11.3 Å². The van der Waals surface area contributed by atoms with Crippen molar-refractivity contribution in [2.24, 2.45) is 0 Å². The van der Waals surface area contributed by atoms with Gasteiger partial charge in [-0.1, -0.05) is 30.3 Å². The Kier molecular flexibility index (Phi) is 8.92. The number of aryl methyl sites for hydroxylation is 1. The Labute approximate surface area is 224 Å². The van der Waals surface area contributed by atoms with E-state index >= 15 is 0 Å². The van der Waals surface area contributed by atoms with Gasteiger partial charge in [-0.15, -0.1) is 0 Å². The second kappa shape index (κ2) is 11.6. The number of nitrogens with one attached hydrogen (secondary N) is 2. The van der Waals surface area contributed by atoms with Crippen LogP contribution in [0.15, 0.2) is 42.5 Å². The molecule has 2 aromatic carbocycles. The summed E-state index contributed by atoms with van der Waals surface area (Å²) in [6.07, 6.45) is -5.80. The standard InChI is InChI=1S/C28H33F4N3O4/c1-16(2)35-23-17(10-8-12-20(23)29)13-14-21(25(35)37)33-24(36)22(34-26(38)39-27(3,4)5)15-18-9-6-7-11-19(18)28(30,31)32/h6-12,16,21-22H,13-15H2,1-5H3,(H,33,36)(H,34,38)/t21-,22+/m0/s1. The van der Waals surface area contributed by atoms with Crippen molar-refractivity contribution < 1.29 is 36.7 Å². The van der Waals surface area contributed by atoms with Gasteiger partial charge in [0.25, 0.3) is 0 Å². The highest BCUT2D eigenvalue weighted by Crippen LogP contribution is 2.33. The molecule has 2 aromatic rings. The van der Waals surface area contributed by atoms with Gasteiger partial charge in [0, 0.05) is 12.5 Å². The van der Waals surface area contributed by atoms with Gasteiger partial charge in [-0.2, -0.15) is 13.2 Å². The van der Waals surface area contributed by atoms with Gasteiger partial charge in [-0.05, 0) is 70.7 Å².